The summed E-state index contributed by atoms with van der Waals surface area (Å²) in [5.41, 5.74) is 0. The van der Waals surface area contributed by atoms with E-state index in [0.717, 1.165) is 32.5 Å². The van der Waals surface area contributed by atoms with E-state index in [1.807, 2.05) is 0 Å². The van der Waals surface area contributed by atoms with Crippen molar-refractivity contribution in [3.05, 3.63) is 0 Å². The molecule has 0 radical (unpaired) electrons. The van der Waals surface area contributed by atoms with Gasteiger partial charge < -0.3 is 10.2 Å². The summed E-state index contributed by atoms with van der Waals surface area (Å²) >= 11 is 0. The third kappa shape index (κ3) is 5.26. The molecule has 1 saturated heterocycles. The lowest BCUT2D eigenvalue weighted by Crippen LogP contribution is -2.42. The fraction of sp³-hybridized carbons (Fsp3) is 0.923. The second-order valence-corrected chi connectivity index (χ2v) is 5.02. The Labute approximate surface area is 112 Å². The Kier molecular flexibility index (Phi) is 8.61. The summed E-state index contributed by atoms with van der Waals surface area (Å²) in [6, 6.07) is 0.338. The molecule has 4 heteroatoms. The minimum atomic E-state index is 0. The molecule has 1 heterocycles. The molecule has 0 aliphatic carbocycles. The molecule has 1 N–H and O–H groups in total. The molecule has 17 heavy (non-hydrogen) atoms. The predicted molar refractivity (Wildman–Crippen MR) is 74.6 cm³/mol. The Morgan fingerprint density at radius 3 is 2.59 bits per heavy atom. The monoisotopic (exact) mass is 262 g/mol. The molecule has 0 saturated carbocycles. The zero-order chi connectivity index (χ0) is 12.0. The summed E-state index contributed by atoms with van der Waals surface area (Å²) in [6.07, 6.45) is 4.58. The number of nitrogens with zero attached hydrogens (tertiary/aromatic N) is 1. The van der Waals surface area contributed by atoms with Crippen molar-refractivity contribution in [3.8, 4) is 0 Å². The second-order valence-electron chi connectivity index (χ2n) is 5.02. The molecule has 0 spiro atoms. The highest BCUT2D eigenvalue weighted by Gasteiger charge is 2.27. The summed E-state index contributed by atoms with van der Waals surface area (Å²) in [5.74, 6) is 0.583. The van der Waals surface area contributed by atoms with Gasteiger partial charge in [0.15, 0.2) is 0 Å². The normalized spacial score (nSPS) is 19.2. The van der Waals surface area contributed by atoms with Crippen LogP contribution in [0.2, 0.25) is 0 Å². The Hall–Kier alpha value is -0.280. The van der Waals surface area contributed by atoms with Crippen LogP contribution in [0, 0.1) is 5.92 Å². The van der Waals surface area contributed by atoms with E-state index in [1.54, 1.807) is 0 Å². The second kappa shape index (κ2) is 8.76. The number of nitrogens with one attached hydrogen (secondary N) is 1. The zero-order valence-electron chi connectivity index (χ0n) is 11.4. The van der Waals surface area contributed by atoms with Gasteiger partial charge in [-0.1, -0.05) is 19.8 Å². The predicted octanol–water partition coefficient (Wildman–Crippen LogP) is 2.44. The summed E-state index contributed by atoms with van der Waals surface area (Å²) in [6.45, 7) is 9.23. The summed E-state index contributed by atoms with van der Waals surface area (Å²) in [4.78, 5) is 14.3. The molecule has 1 atom stereocenters. The number of carbonyl (C=O) groups is 1. The van der Waals surface area contributed by atoms with Crippen molar-refractivity contribution < 1.29 is 4.79 Å². The van der Waals surface area contributed by atoms with Crippen molar-refractivity contribution in [1.29, 1.82) is 0 Å². The first-order chi connectivity index (χ1) is 7.66. The first-order valence-corrected chi connectivity index (χ1v) is 6.68. The Morgan fingerprint density at radius 2 is 2.12 bits per heavy atom. The van der Waals surface area contributed by atoms with E-state index in [1.165, 1.54) is 12.8 Å². The summed E-state index contributed by atoms with van der Waals surface area (Å²) < 4.78 is 0. The molecule has 3 nitrogen and oxygen atoms in total. The highest BCUT2D eigenvalue weighted by molar-refractivity contribution is 5.85. The number of carbonyl (C=O) groups excluding carboxylic acids is 1. The fourth-order valence-electron chi connectivity index (χ4n) is 2.25. The fourth-order valence-corrected chi connectivity index (χ4v) is 2.25. The quantitative estimate of drug-likeness (QED) is 0.746. The molecule has 102 valence electrons. The van der Waals surface area contributed by atoms with Crippen LogP contribution in [0.1, 0.15) is 46.5 Å². The van der Waals surface area contributed by atoms with Gasteiger partial charge in [0.1, 0.15) is 0 Å². The van der Waals surface area contributed by atoms with E-state index in [-0.39, 0.29) is 18.3 Å². The number of amides is 1. The minimum absolute atomic E-state index is 0. The van der Waals surface area contributed by atoms with Crippen LogP contribution in [-0.2, 0) is 4.79 Å². The molecular formula is C13H27ClN2O. The molecule has 0 aromatic heterocycles. The molecule has 1 aliphatic heterocycles. The lowest BCUT2D eigenvalue weighted by Gasteiger charge is -2.29. The number of halogens is 1. The zero-order valence-corrected chi connectivity index (χ0v) is 12.2. The SMILES string of the molecule is CCCCCN(C(=O)C1CCNC1)C(C)C.Cl. The van der Waals surface area contributed by atoms with Crippen LogP contribution < -0.4 is 5.32 Å². The van der Waals surface area contributed by atoms with Crippen molar-refractivity contribution in [2.45, 2.75) is 52.5 Å². The Balaban J connectivity index is 0.00000256. The average molecular weight is 263 g/mol. The van der Waals surface area contributed by atoms with Crippen LogP contribution >= 0.6 is 12.4 Å². The first kappa shape index (κ1) is 16.7. The van der Waals surface area contributed by atoms with Gasteiger partial charge in [-0.3, -0.25) is 4.79 Å². The van der Waals surface area contributed by atoms with Crippen LogP contribution in [-0.4, -0.2) is 36.5 Å². The lowest BCUT2D eigenvalue weighted by atomic mass is 10.1. The number of hydrogen-bond acceptors (Lipinski definition) is 2. The van der Waals surface area contributed by atoms with Gasteiger partial charge in [0.25, 0.3) is 0 Å². The van der Waals surface area contributed by atoms with Gasteiger partial charge >= 0.3 is 0 Å². The Morgan fingerprint density at radius 1 is 1.41 bits per heavy atom. The molecule has 1 amide bonds. The highest BCUT2D eigenvalue weighted by atomic mass is 35.5. The largest absolute Gasteiger partial charge is 0.340 e. The van der Waals surface area contributed by atoms with Crippen LogP contribution in [0.5, 0.6) is 0 Å². The smallest absolute Gasteiger partial charge is 0.227 e. The van der Waals surface area contributed by atoms with Crippen LogP contribution in [0.15, 0.2) is 0 Å². The van der Waals surface area contributed by atoms with E-state index in [9.17, 15) is 4.79 Å². The molecule has 1 aliphatic rings. The molecule has 0 aromatic carbocycles. The van der Waals surface area contributed by atoms with Gasteiger partial charge in [0, 0.05) is 19.1 Å². The minimum Gasteiger partial charge on any atom is -0.340 e. The van der Waals surface area contributed by atoms with Crippen molar-refractivity contribution in [1.82, 2.24) is 10.2 Å². The van der Waals surface area contributed by atoms with E-state index >= 15 is 0 Å². The molecular weight excluding hydrogens is 236 g/mol. The van der Waals surface area contributed by atoms with Gasteiger partial charge in [-0.05, 0) is 33.2 Å². The molecule has 1 unspecified atom stereocenters. The third-order valence-corrected chi connectivity index (χ3v) is 3.32. The van der Waals surface area contributed by atoms with Gasteiger partial charge in [-0.15, -0.1) is 12.4 Å². The van der Waals surface area contributed by atoms with Gasteiger partial charge in [-0.2, -0.15) is 0 Å². The van der Waals surface area contributed by atoms with Crippen molar-refractivity contribution in [3.63, 3.8) is 0 Å². The van der Waals surface area contributed by atoms with Crippen LogP contribution in [0.3, 0.4) is 0 Å². The van der Waals surface area contributed by atoms with Crippen molar-refractivity contribution in [2.75, 3.05) is 19.6 Å². The van der Waals surface area contributed by atoms with Crippen LogP contribution in [0.25, 0.3) is 0 Å². The summed E-state index contributed by atoms with van der Waals surface area (Å²) in [7, 11) is 0. The standard InChI is InChI=1S/C13H26N2O.ClH/c1-4-5-6-9-15(11(2)3)13(16)12-7-8-14-10-12;/h11-12,14H,4-10H2,1-3H3;1H. The highest BCUT2D eigenvalue weighted by Crippen LogP contribution is 2.14. The van der Waals surface area contributed by atoms with Gasteiger partial charge in [0.2, 0.25) is 5.91 Å². The lowest BCUT2D eigenvalue weighted by molar-refractivity contribution is -0.136. The Bertz CT molecular complexity index is 215. The van der Waals surface area contributed by atoms with Crippen LogP contribution in [0.4, 0.5) is 0 Å². The maximum Gasteiger partial charge on any atom is 0.227 e. The number of unbranched alkanes of at least 4 members (excludes halogenated alkanes) is 2. The number of rotatable bonds is 6. The first-order valence-electron chi connectivity index (χ1n) is 6.68. The van der Waals surface area contributed by atoms with Crippen molar-refractivity contribution >= 4 is 18.3 Å². The molecule has 1 fully saturated rings. The molecule has 1 rings (SSSR count). The van der Waals surface area contributed by atoms with E-state index in [2.05, 4.69) is 31.0 Å². The average Bonchev–Trinajstić information content (AvgIpc) is 2.76. The topological polar surface area (TPSA) is 32.3 Å². The van der Waals surface area contributed by atoms with E-state index in [0.29, 0.717) is 11.9 Å². The van der Waals surface area contributed by atoms with E-state index < -0.39 is 0 Å². The third-order valence-electron chi connectivity index (χ3n) is 3.32. The summed E-state index contributed by atoms with van der Waals surface area (Å²) in [5, 5.41) is 3.27. The molecule has 0 aromatic rings. The maximum absolute atomic E-state index is 12.3. The maximum atomic E-state index is 12.3. The van der Waals surface area contributed by atoms with Crippen molar-refractivity contribution in [2.24, 2.45) is 5.92 Å². The van der Waals surface area contributed by atoms with E-state index in [4.69, 9.17) is 0 Å². The van der Waals surface area contributed by atoms with Gasteiger partial charge in [-0.25, -0.2) is 0 Å². The number of hydrogen-bond donors (Lipinski definition) is 1. The molecule has 0 bridgehead atoms. The van der Waals surface area contributed by atoms with Gasteiger partial charge in [0.05, 0.1) is 5.92 Å².